The molecule has 0 aliphatic carbocycles. The van der Waals surface area contributed by atoms with Gasteiger partial charge >= 0.3 is 0 Å². The van der Waals surface area contributed by atoms with Crippen LogP contribution in [0.1, 0.15) is 11.1 Å². The summed E-state index contributed by atoms with van der Waals surface area (Å²) in [5, 5.41) is 21.6. The molecule has 144 valence electrons. The van der Waals surface area contributed by atoms with Gasteiger partial charge in [0.25, 0.3) is 5.91 Å². The maximum absolute atomic E-state index is 12.6. The van der Waals surface area contributed by atoms with Crippen LogP contribution in [0.3, 0.4) is 0 Å². The number of nitrogens with one attached hydrogen (secondary N) is 1. The van der Waals surface area contributed by atoms with Crippen LogP contribution < -0.4 is 5.32 Å². The van der Waals surface area contributed by atoms with Gasteiger partial charge in [0.05, 0.1) is 0 Å². The average Bonchev–Trinajstić information content (AvgIpc) is 2.75. The van der Waals surface area contributed by atoms with Gasteiger partial charge in [0.1, 0.15) is 17.4 Å². The molecule has 3 aromatic carbocycles. The number of amides is 1. The van der Waals surface area contributed by atoms with Crippen molar-refractivity contribution in [3.8, 4) is 11.8 Å². The molecule has 0 saturated carbocycles. The third-order valence-electron chi connectivity index (χ3n) is 4.26. The zero-order valence-corrected chi connectivity index (χ0v) is 15.8. The summed E-state index contributed by atoms with van der Waals surface area (Å²) in [6, 6.07) is 27.9. The first kappa shape index (κ1) is 19.7. The number of nitriles is 1. The molecule has 1 amide bonds. The molecule has 3 aromatic rings. The molecule has 2 N–H and O–H groups in total. The Bertz CT molecular complexity index is 966. The van der Waals surface area contributed by atoms with E-state index in [1.807, 2.05) is 71.6 Å². The lowest BCUT2D eigenvalue weighted by Gasteiger charge is -2.21. The smallest absolute Gasteiger partial charge is 0.267 e. The first-order chi connectivity index (χ1) is 14.1. The van der Waals surface area contributed by atoms with Crippen molar-refractivity contribution in [2.75, 3.05) is 5.32 Å². The van der Waals surface area contributed by atoms with E-state index in [4.69, 9.17) is 0 Å². The lowest BCUT2D eigenvalue weighted by molar-refractivity contribution is -0.112. The summed E-state index contributed by atoms with van der Waals surface area (Å²) in [4.78, 5) is 14.5. The Balaban J connectivity index is 1.81. The van der Waals surface area contributed by atoms with Crippen LogP contribution in [0, 0.1) is 11.3 Å². The molecule has 3 rings (SSSR count). The molecule has 0 aliphatic rings. The van der Waals surface area contributed by atoms with Gasteiger partial charge in [-0.05, 0) is 35.4 Å². The number of phenols is 1. The molecule has 0 unspecified atom stereocenters. The molecule has 0 saturated heterocycles. The molecule has 0 radical (unpaired) electrons. The normalized spacial score (nSPS) is 10.8. The molecule has 0 spiro atoms. The average molecular weight is 383 g/mol. The third-order valence-corrected chi connectivity index (χ3v) is 4.26. The van der Waals surface area contributed by atoms with Gasteiger partial charge in [-0.1, -0.05) is 60.7 Å². The van der Waals surface area contributed by atoms with Crippen LogP contribution in [-0.2, 0) is 17.9 Å². The molecule has 5 heteroatoms. The molecule has 29 heavy (non-hydrogen) atoms. The summed E-state index contributed by atoms with van der Waals surface area (Å²) in [7, 11) is 0. The molecule has 0 aliphatic heterocycles. The van der Waals surface area contributed by atoms with Crippen LogP contribution in [0.25, 0.3) is 0 Å². The highest BCUT2D eigenvalue weighted by atomic mass is 16.3. The number of benzene rings is 3. The summed E-state index contributed by atoms with van der Waals surface area (Å²) in [5.74, 6) is -0.389. The fraction of sp³-hybridized carbons (Fsp3) is 0.0833. The van der Waals surface area contributed by atoms with Gasteiger partial charge in [-0.3, -0.25) is 4.79 Å². The third kappa shape index (κ3) is 5.98. The highest BCUT2D eigenvalue weighted by Gasteiger charge is 2.13. The van der Waals surface area contributed by atoms with E-state index < -0.39 is 5.91 Å². The standard InChI is InChI=1S/C24H21N3O2/c25-15-21(24(29)26-22-11-13-23(28)14-12-22)18-27(16-19-7-3-1-4-8-19)17-20-9-5-2-6-10-20/h1-14,18,28H,16-17H2,(H,26,29)/b21-18-. The number of aromatic hydroxyl groups is 1. The fourth-order valence-corrected chi connectivity index (χ4v) is 2.85. The van der Waals surface area contributed by atoms with Gasteiger partial charge in [0.2, 0.25) is 0 Å². The zero-order chi connectivity index (χ0) is 20.5. The SMILES string of the molecule is N#C/C(=C/N(Cc1ccccc1)Cc1ccccc1)C(=O)Nc1ccc(O)cc1. The predicted molar refractivity (Wildman–Crippen MR) is 113 cm³/mol. The van der Waals surface area contributed by atoms with Crippen molar-refractivity contribution >= 4 is 11.6 Å². The summed E-state index contributed by atoms with van der Waals surface area (Å²) >= 11 is 0. The molecule has 0 atom stereocenters. The van der Waals surface area contributed by atoms with Crippen molar-refractivity contribution in [3.63, 3.8) is 0 Å². The molecular weight excluding hydrogens is 362 g/mol. The zero-order valence-electron chi connectivity index (χ0n) is 15.8. The molecule has 0 fully saturated rings. The van der Waals surface area contributed by atoms with E-state index in [-0.39, 0.29) is 11.3 Å². The summed E-state index contributed by atoms with van der Waals surface area (Å²) in [6.07, 6.45) is 1.59. The molecule has 5 nitrogen and oxygen atoms in total. The summed E-state index contributed by atoms with van der Waals surface area (Å²) in [5.41, 5.74) is 2.67. The minimum atomic E-state index is -0.496. The van der Waals surface area contributed by atoms with Crippen LogP contribution in [0.2, 0.25) is 0 Å². The number of nitrogens with zero attached hydrogens (tertiary/aromatic N) is 2. The van der Waals surface area contributed by atoms with Crippen LogP contribution in [-0.4, -0.2) is 15.9 Å². The van der Waals surface area contributed by atoms with Crippen LogP contribution in [0.4, 0.5) is 5.69 Å². The highest BCUT2D eigenvalue weighted by molar-refractivity contribution is 6.06. The van der Waals surface area contributed by atoms with E-state index in [0.717, 1.165) is 11.1 Å². The Hall–Kier alpha value is -4.04. The maximum atomic E-state index is 12.6. The van der Waals surface area contributed by atoms with E-state index in [1.54, 1.807) is 18.3 Å². The number of carbonyl (C=O) groups excluding carboxylic acids is 1. The number of rotatable bonds is 7. The minimum absolute atomic E-state index is 0.00457. The first-order valence-electron chi connectivity index (χ1n) is 9.18. The van der Waals surface area contributed by atoms with Gasteiger partial charge in [-0.15, -0.1) is 0 Å². The molecular formula is C24H21N3O2. The first-order valence-corrected chi connectivity index (χ1v) is 9.18. The van der Waals surface area contributed by atoms with E-state index >= 15 is 0 Å². The number of anilines is 1. The Morgan fingerprint density at radius 1 is 0.897 bits per heavy atom. The van der Waals surface area contributed by atoms with Gasteiger partial charge in [-0.25, -0.2) is 0 Å². The summed E-state index contributed by atoms with van der Waals surface area (Å²) < 4.78 is 0. The second-order valence-electron chi connectivity index (χ2n) is 6.53. The largest absolute Gasteiger partial charge is 0.508 e. The van der Waals surface area contributed by atoms with E-state index in [9.17, 15) is 15.2 Å². The van der Waals surface area contributed by atoms with E-state index in [0.29, 0.717) is 18.8 Å². The Kier molecular flexibility index (Phi) is 6.64. The van der Waals surface area contributed by atoms with Crippen molar-refractivity contribution in [2.24, 2.45) is 0 Å². The van der Waals surface area contributed by atoms with Gasteiger partial charge < -0.3 is 15.3 Å². The van der Waals surface area contributed by atoms with Crippen molar-refractivity contribution in [3.05, 3.63) is 108 Å². The van der Waals surface area contributed by atoms with Crippen LogP contribution in [0.5, 0.6) is 5.75 Å². The summed E-state index contributed by atoms with van der Waals surface area (Å²) in [6.45, 7) is 1.13. The van der Waals surface area contributed by atoms with Crippen molar-refractivity contribution in [1.82, 2.24) is 4.90 Å². The van der Waals surface area contributed by atoms with Gasteiger partial charge in [0.15, 0.2) is 0 Å². The predicted octanol–water partition coefficient (Wildman–Crippen LogP) is 4.44. The van der Waals surface area contributed by atoms with Crippen molar-refractivity contribution in [2.45, 2.75) is 13.1 Å². The van der Waals surface area contributed by atoms with E-state index in [1.165, 1.54) is 12.1 Å². The lowest BCUT2D eigenvalue weighted by Crippen LogP contribution is -2.21. The van der Waals surface area contributed by atoms with Crippen LogP contribution >= 0.6 is 0 Å². The Labute approximate surface area is 170 Å². The van der Waals surface area contributed by atoms with Gasteiger partial charge in [-0.2, -0.15) is 5.26 Å². The van der Waals surface area contributed by atoms with Gasteiger partial charge in [0, 0.05) is 25.0 Å². The minimum Gasteiger partial charge on any atom is -0.508 e. The highest BCUT2D eigenvalue weighted by Crippen LogP contribution is 2.16. The molecule has 0 bridgehead atoms. The second-order valence-corrected chi connectivity index (χ2v) is 6.53. The Morgan fingerprint density at radius 2 is 1.41 bits per heavy atom. The molecule has 0 aromatic heterocycles. The quantitative estimate of drug-likeness (QED) is 0.359. The number of phenolic OH excluding ortho intramolecular Hbond substituents is 1. The lowest BCUT2D eigenvalue weighted by atomic mass is 10.1. The van der Waals surface area contributed by atoms with E-state index in [2.05, 4.69) is 5.32 Å². The molecule has 0 heterocycles. The monoisotopic (exact) mass is 383 g/mol. The second kappa shape index (κ2) is 9.77. The Morgan fingerprint density at radius 3 is 1.90 bits per heavy atom. The topological polar surface area (TPSA) is 76.4 Å². The fourth-order valence-electron chi connectivity index (χ4n) is 2.85. The maximum Gasteiger partial charge on any atom is 0.267 e. The number of hydrogen-bond donors (Lipinski definition) is 2. The van der Waals surface area contributed by atoms with Crippen LogP contribution in [0.15, 0.2) is 96.7 Å². The van der Waals surface area contributed by atoms with Crippen molar-refractivity contribution in [1.29, 1.82) is 5.26 Å². The number of hydrogen-bond acceptors (Lipinski definition) is 4. The number of carbonyl (C=O) groups is 1. The van der Waals surface area contributed by atoms with Crippen molar-refractivity contribution < 1.29 is 9.90 Å².